The molecule has 0 aliphatic heterocycles. The number of aliphatic hydroxyl groups excluding tert-OH is 2. The summed E-state index contributed by atoms with van der Waals surface area (Å²) in [5, 5.41) is 18.3. The number of pyridine rings is 1. The standard InChI is InChI=1S/C12H18F2N2O2/c1-8-5-9(2)15-12(10(8)7-18)16(3-4-17)6-11(13)14/h5,11,17-18H,3-4,6-7H2,1-2H3. The van der Waals surface area contributed by atoms with E-state index in [2.05, 4.69) is 4.98 Å². The van der Waals surface area contributed by atoms with E-state index in [0.717, 1.165) is 5.56 Å². The highest BCUT2D eigenvalue weighted by Crippen LogP contribution is 2.23. The normalized spacial score (nSPS) is 11.1. The zero-order valence-corrected chi connectivity index (χ0v) is 10.5. The van der Waals surface area contributed by atoms with Gasteiger partial charge in [0.15, 0.2) is 0 Å². The van der Waals surface area contributed by atoms with E-state index in [4.69, 9.17) is 5.11 Å². The fraction of sp³-hybridized carbons (Fsp3) is 0.583. The van der Waals surface area contributed by atoms with E-state index < -0.39 is 13.0 Å². The van der Waals surface area contributed by atoms with Gasteiger partial charge in [0.1, 0.15) is 5.82 Å². The van der Waals surface area contributed by atoms with Gasteiger partial charge in [-0.25, -0.2) is 13.8 Å². The minimum absolute atomic E-state index is 0.0627. The van der Waals surface area contributed by atoms with Crippen molar-refractivity contribution in [3.8, 4) is 0 Å². The maximum absolute atomic E-state index is 12.5. The van der Waals surface area contributed by atoms with E-state index in [1.54, 1.807) is 19.9 Å². The first-order valence-corrected chi connectivity index (χ1v) is 5.71. The predicted molar refractivity (Wildman–Crippen MR) is 64.9 cm³/mol. The van der Waals surface area contributed by atoms with Gasteiger partial charge in [-0.05, 0) is 25.5 Å². The Balaban J connectivity index is 3.16. The molecule has 0 aliphatic rings. The lowest BCUT2D eigenvalue weighted by Gasteiger charge is -2.25. The van der Waals surface area contributed by atoms with Gasteiger partial charge in [0, 0.05) is 17.8 Å². The molecule has 0 spiro atoms. The number of rotatable bonds is 6. The molecular weight excluding hydrogens is 242 g/mol. The molecule has 0 atom stereocenters. The summed E-state index contributed by atoms with van der Waals surface area (Å²) in [6.07, 6.45) is -2.52. The second-order valence-corrected chi connectivity index (χ2v) is 4.10. The first-order valence-electron chi connectivity index (χ1n) is 5.71. The summed E-state index contributed by atoms with van der Waals surface area (Å²) in [7, 11) is 0. The molecule has 0 aromatic carbocycles. The lowest BCUT2D eigenvalue weighted by atomic mass is 10.1. The van der Waals surface area contributed by atoms with Gasteiger partial charge in [0.05, 0.1) is 19.8 Å². The highest BCUT2D eigenvalue weighted by molar-refractivity contribution is 5.51. The third-order valence-corrected chi connectivity index (χ3v) is 2.64. The van der Waals surface area contributed by atoms with Crippen LogP contribution in [0.25, 0.3) is 0 Å². The number of aliphatic hydroxyl groups is 2. The molecule has 1 heterocycles. The Bertz CT molecular complexity index is 400. The highest BCUT2D eigenvalue weighted by atomic mass is 19.3. The molecule has 1 aromatic rings. The van der Waals surface area contributed by atoms with E-state index in [1.807, 2.05) is 0 Å². The van der Waals surface area contributed by atoms with Crippen molar-refractivity contribution in [3.63, 3.8) is 0 Å². The molecule has 0 bridgehead atoms. The average molecular weight is 260 g/mol. The first-order chi connectivity index (χ1) is 8.49. The first kappa shape index (κ1) is 14.8. The number of hydrogen-bond donors (Lipinski definition) is 2. The summed E-state index contributed by atoms with van der Waals surface area (Å²) < 4.78 is 25.0. The smallest absolute Gasteiger partial charge is 0.255 e. The minimum Gasteiger partial charge on any atom is -0.395 e. The predicted octanol–water partition coefficient (Wildman–Crippen LogP) is 1.25. The molecule has 0 amide bonds. The van der Waals surface area contributed by atoms with Crippen molar-refractivity contribution < 1.29 is 19.0 Å². The van der Waals surface area contributed by atoms with E-state index in [-0.39, 0.29) is 19.8 Å². The number of hydrogen-bond acceptors (Lipinski definition) is 4. The van der Waals surface area contributed by atoms with E-state index in [9.17, 15) is 13.9 Å². The van der Waals surface area contributed by atoms with Gasteiger partial charge in [-0.1, -0.05) is 0 Å². The Hall–Kier alpha value is -1.27. The summed E-state index contributed by atoms with van der Waals surface area (Å²) in [4.78, 5) is 5.50. The lowest BCUT2D eigenvalue weighted by Crippen LogP contribution is -2.33. The second kappa shape index (κ2) is 6.61. The minimum atomic E-state index is -2.52. The number of nitrogens with zero attached hydrogens (tertiary/aromatic N) is 2. The van der Waals surface area contributed by atoms with Crippen molar-refractivity contribution in [2.45, 2.75) is 26.9 Å². The summed E-state index contributed by atoms with van der Waals surface area (Å²) in [6.45, 7) is 2.60. The summed E-state index contributed by atoms with van der Waals surface area (Å²) >= 11 is 0. The quantitative estimate of drug-likeness (QED) is 0.808. The molecular formula is C12H18F2N2O2. The SMILES string of the molecule is Cc1cc(C)c(CO)c(N(CCO)CC(F)F)n1. The maximum atomic E-state index is 12.5. The van der Waals surface area contributed by atoms with Gasteiger partial charge in [-0.2, -0.15) is 0 Å². The number of anilines is 1. The van der Waals surface area contributed by atoms with Crippen LogP contribution in [0.5, 0.6) is 0 Å². The Morgan fingerprint density at radius 2 is 2.00 bits per heavy atom. The third kappa shape index (κ3) is 3.61. The third-order valence-electron chi connectivity index (χ3n) is 2.64. The lowest BCUT2D eigenvalue weighted by molar-refractivity contribution is 0.152. The van der Waals surface area contributed by atoms with Gasteiger partial charge in [0.25, 0.3) is 6.43 Å². The molecule has 0 radical (unpaired) electrons. The zero-order chi connectivity index (χ0) is 13.7. The maximum Gasteiger partial charge on any atom is 0.255 e. The van der Waals surface area contributed by atoms with Crippen molar-refractivity contribution in [2.75, 3.05) is 24.6 Å². The van der Waals surface area contributed by atoms with Crippen LogP contribution >= 0.6 is 0 Å². The fourth-order valence-electron chi connectivity index (χ4n) is 1.87. The Labute approximate surface area is 105 Å². The van der Waals surface area contributed by atoms with Crippen LogP contribution in [0.3, 0.4) is 0 Å². The van der Waals surface area contributed by atoms with Gasteiger partial charge < -0.3 is 15.1 Å². The molecule has 18 heavy (non-hydrogen) atoms. The Kier molecular flexibility index (Phi) is 5.43. The van der Waals surface area contributed by atoms with Crippen LogP contribution in [0.1, 0.15) is 16.8 Å². The van der Waals surface area contributed by atoms with Crippen molar-refractivity contribution in [3.05, 3.63) is 22.9 Å². The van der Waals surface area contributed by atoms with E-state index in [1.165, 1.54) is 4.90 Å². The molecule has 0 unspecified atom stereocenters. The van der Waals surface area contributed by atoms with Crippen LogP contribution in [-0.4, -0.2) is 41.3 Å². The molecule has 102 valence electrons. The van der Waals surface area contributed by atoms with Gasteiger partial charge >= 0.3 is 0 Å². The Morgan fingerprint density at radius 3 is 2.50 bits per heavy atom. The molecule has 0 saturated carbocycles. The van der Waals surface area contributed by atoms with Crippen molar-refractivity contribution in [1.82, 2.24) is 4.98 Å². The van der Waals surface area contributed by atoms with E-state index in [0.29, 0.717) is 17.1 Å². The summed E-state index contributed by atoms with van der Waals surface area (Å²) in [5.74, 6) is 0.323. The van der Waals surface area contributed by atoms with Crippen LogP contribution in [0.15, 0.2) is 6.07 Å². The van der Waals surface area contributed by atoms with Crippen molar-refractivity contribution in [1.29, 1.82) is 0 Å². The number of aryl methyl sites for hydroxylation is 2. The van der Waals surface area contributed by atoms with Crippen molar-refractivity contribution >= 4 is 5.82 Å². The summed E-state index contributed by atoms with van der Waals surface area (Å²) in [5.41, 5.74) is 2.02. The van der Waals surface area contributed by atoms with Gasteiger partial charge in [0.2, 0.25) is 0 Å². The summed E-state index contributed by atoms with van der Waals surface area (Å²) in [6, 6.07) is 1.79. The number of alkyl halides is 2. The molecule has 4 nitrogen and oxygen atoms in total. The molecule has 0 aliphatic carbocycles. The van der Waals surface area contributed by atoms with E-state index >= 15 is 0 Å². The van der Waals surface area contributed by atoms with Crippen LogP contribution in [-0.2, 0) is 6.61 Å². The van der Waals surface area contributed by atoms with Gasteiger partial charge in [-0.15, -0.1) is 0 Å². The number of aromatic nitrogens is 1. The molecule has 0 fully saturated rings. The van der Waals surface area contributed by atoms with Crippen LogP contribution in [0.2, 0.25) is 0 Å². The topological polar surface area (TPSA) is 56.6 Å². The highest BCUT2D eigenvalue weighted by Gasteiger charge is 2.18. The fourth-order valence-corrected chi connectivity index (χ4v) is 1.87. The Morgan fingerprint density at radius 1 is 1.33 bits per heavy atom. The van der Waals surface area contributed by atoms with Crippen molar-refractivity contribution in [2.24, 2.45) is 0 Å². The zero-order valence-electron chi connectivity index (χ0n) is 10.5. The van der Waals surface area contributed by atoms with Crippen LogP contribution in [0, 0.1) is 13.8 Å². The van der Waals surface area contributed by atoms with Gasteiger partial charge in [-0.3, -0.25) is 0 Å². The van der Waals surface area contributed by atoms with Crippen LogP contribution < -0.4 is 4.90 Å². The second-order valence-electron chi connectivity index (χ2n) is 4.10. The molecule has 6 heteroatoms. The average Bonchev–Trinajstić information content (AvgIpc) is 2.27. The monoisotopic (exact) mass is 260 g/mol. The molecule has 1 rings (SSSR count). The molecule has 2 N–H and O–H groups in total. The largest absolute Gasteiger partial charge is 0.395 e. The van der Waals surface area contributed by atoms with Crippen LogP contribution in [0.4, 0.5) is 14.6 Å². The molecule has 1 aromatic heterocycles. The number of halogens is 2. The molecule has 0 saturated heterocycles.